The lowest BCUT2D eigenvalue weighted by molar-refractivity contribution is -0.135. The highest BCUT2D eigenvalue weighted by molar-refractivity contribution is 5.97. The molecule has 0 aliphatic rings. The second-order valence-corrected chi connectivity index (χ2v) is 3.26. The standard InChI is InChI=1S/C13H13NO2/c1-3-10-4-6-11(7-5-10)8-12(9-14)13(15)16-2/h4-8H,3H2,1-2H3/b12-8+. The molecule has 0 saturated carbocycles. The number of carbonyl (C=O) groups is 1. The molecule has 0 N–H and O–H groups in total. The first kappa shape index (κ1) is 12.0. The topological polar surface area (TPSA) is 50.1 Å². The maximum absolute atomic E-state index is 11.2. The lowest BCUT2D eigenvalue weighted by Crippen LogP contribution is -2.02. The summed E-state index contributed by atoms with van der Waals surface area (Å²) in [6, 6.07) is 9.51. The summed E-state index contributed by atoms with van der Waals surface area (Å²) in [4.78, 5) is 11.2. The second kappa shape index (κ2) is 5.72. The molecule has 0 aromatic heterocycles. The van der Waals surface area contributed by atoms with Gasteiger partial charge in [0.2, 0.25) is 0 Å². The number of nitriles is 1. The van der Waals surface area contributed by atoms with E-state index in [1.165, 1.54) is 18.7 Å². The summed E-state index contributed by atoms with van der Waals surface area (Å²) in [5.41, 5.74) is 2.04. The first-order valence-electron chi connectivity index (χ1n) is 5.00. The molecule has 0 spiro atoms. The zero-order valence-electron chi connectivity index (χ0n) is 9.36. The predicted molar refractivity (Wildman–Crippen MR) is 61.4 cm³/mol. The fraction of sp³-hybridized carbons (Fsp3) is 0.231. The zero-order chi connectivity index (χ0) is 12.0. The molecular weight excluding hydrogens is 202 g/mol. The van der Waals surface area contributed by atoms with Gasteiger partial charge in [-0.25, -0.2) is 4.79 Å². The van der Waals surface area contributed by atoms with Gasteiger partial charge in [0.25, 0.3) is 0 Å². The van der Waals surface area contributed by atoms with Crippen LogP contribution in [0.5, 0.6) is 0 Å². The van der Waals surface area contributed by atoms with Gasteiger partial charge in [0.1, 0.15) is 11.6 Å². The minimum atomic E-state index is -0.609. The third kappa shape index (κ3) is 2.96. The van der Waals surface area contributed by atoms with Gasteiger partial charge in [-0.05, 0) is 23.6 Å². The number of hydrogen-bond donors (Lipinski definition) is 0. The summed E-state index contributed by atoms with van der Waals surface area (Å²) < 4.78 is 4.49. The molecule has 3 heteroatoms. The SMILES string of the molecule is CCc1ccc(/C=C(\C#N)C(=O)OC)cc1. The lowest BCUT2D eigenvalue weighted by atomic mass is 10.1. The summed E-state index contributed by atoms with van der Waals surface area (Å²) in [6.45, 7) is 2.07. The summed E-state index contributed by atoms with van der Waals surface area (Å²) in [7, 11) is 1.26. The molecule has 3 nitrogen and oxygen atoms in total. The number of ether oxygens (including phenoxy) is 1. The van der Waals surface area contributed by atoms with Crippen molar-refractivity contribution in [2.24, 2.45) is 0 Å². The van der Waals surface area contributed by atoms with Gasteiger partial charge in [-0.15, -0.1) is 0 Å². The number of methoxy groups -OCH3 is 1. The molecule has 82 valence electrons. The quantitative estimate of drug-likeness (QED) is 0.441. The average Bonchev–Trinajstić information content (AvgIpc) is 2.35. The van der Waals surface area contributed by atoms with Crippen LogP contribution in [-0.4, -0.2) is 13.1 Å². The van der Waals surface area contributed by atoms with E-state index in [2.05, 4.69) is 11.7 Å². The van der Waals surface area contributed by atoms with Crippen molar-refractivity contribution >= 4 is 12.0 Å². The van der Waals surface area contributed by atoms with Crippen LogP contribution < -0.4 is 0 Å². The van der Waals surface area contributed by atoms with Gasteiger partial charge in [0.05, 0.1) is 7.11 Å². The van der Waals surface area contributed by atoms with E-state index in [1.807, 2.05) is 30.3 Å². The molecular formula is C13H13NO2. The van der Waals surface area contributed by atoms with Crippen molar-refractivity contribution < 1.29 is 9.53 Å². The number of aryl methyl sites for hydroxylation is 1. The Kier molecular flexibility index (Phi) is 4.28. The van der Waals surface area contributed by atoms with Crippen molar-refractivity contribution in [2.75, 3.05) is 7.11 Å². The molecule has 1 aromatic carbocycles. The Morgan fingerprint density at radius 2 is 2.06 bits per heavy atom. The number of benzene rings is 1. The molecule has 0 fully saturated rings. The minimum absolute atomic E-state index is 0.00625. The van der Waals surface area contributed by atoms with E-state index in [1.54, 1.807) is 0 Å². The molecule has 0 bridgehead atoms. The number of hydrogen-bond acceptors (Lipinski definition) is 3. The molecule has 0 atom stereocenters. The van der Waals surface area contributed by atoms with Gasteiger partial charge < -0.3 is 4.74 Å². The first-order valence-corrected chi connectivity index (χ1v) is 5.00. The molecule has 1 aromatic rings. The van der Waals surface area contributed by atoms with Crippen LogP contribution in [-0.2, 0) is 16.0 Å². The van der Waals surface area contributed by atoms with E-state index >= 15 is 0 Å². The maximum atomic E-state index is 11.2. The Morgan fingerprint density at radius 3 is 2.50 bits per heavy atom. The monoisotopic (exact) mass is 215 g/mol. The summed E-state index contributed by atoms with van der Waals surface area (Å²) in [6.07, 6.45) is 2.48. The van der Waals surface area contributed by atoms with E-state index < -0.39 is 5.97 Å². The highest BCUT2D eigenvalue weighted by Gasteiger charge is 2.07. The van der Waals surface area contributed by atoms with Gasteiger partial charge in [-0.1, -0.05) is 31.2 Å². The fourth-order valence-electron chi connectivity index (χ4n) is 1.26. The van der Waals surface area contributed by atoms with Crippen molar-refractivity contribution in [2.45, 2.75) is 13.3 Å². The lowest BCUT2D eigenvalue weighted by Gasteiger charge is -1.99. The summed E-state index contributed by atoms with van der Waals surface area (Å²) in [5.74, 6) is -0.609. The maximum Gasteiger partial charge on any atom is 0.348 e. The van der Waals surface area contributed by atoms with Crippen molar-refractivity contribution in [1.29, 1.82) is 5.26 Å². The highest BCUT2D eigenvalue weighted by atomic mass is 16.5. The van der Waals surface area contributed by atoms with Crippen molar-refractivity contribution in [3.05, 3.63) is 41.0 Å². The zero-order valence-corrected chi connectivity index (χ0v) is 9.36. The van der Waals surface area contributed by atoms with Crippen LogP contribution in [0, 0.1) is 11.3 Å². The van der Waals surface area contributed by atoms with Crippen molar-refractivity contribution in [3.63, 3.8) is 0 Å². The third-order valence-electron chi connectivity index (χ3n) is 2.22. The van der Waals surface area contributed by atoms with Crippen LogP contribution in [0.15, 0.2) is 29.8 Å². The Morgan fingerprint density at radius 1 is 1.44 bits per heavy atom. The number of esters is 1. The van der Waals surface area contributed by atoms with Gasteiger partial charge in [0, 0.05) is 0 Å². The van der Waals surface area contributed by atoms with Gasteiger partial charge in [-0.2, -0.15) is 5.26 Å². The molecule has 0 aliphatic carbocycles. The van der Waals surface area contributed by atoms with Crippen LogP contribution in [0.1, 0.15) is 18.1 Å². The van der Waals surface area contributed by atoms with E-state index in [0.717, 1.165) is 12.0 Å². The number of rotatable bonds is 3. The van der Waals surface area contributed by atoms with E-state index in [-0.39, 0.29) is 5.57 Å². The van der Waals surface area contributed by atoms with Crippen LogP contribution >= 0.6 is 0 Å². The Labute approximate surface area is 95.0 Å². The number of nitrogens with zero attached hydrogens (tertiary/aromatic N) is 1. The molecule has 0 radical (unpaired) electrons. The van der Waals surface area contributed by atoms with Crippen molar-refractivity contribution in [3.8, 4) is 6.07 Å². The molecule has 0 heterocycles. The third-order valence-corrected chi connectivity index (χ3v) is 2.22. The van der Waals surface area contributed by atoms with Crippen molar-refractivity contribution in [1.82, 2.24) is 0 Å². The average molecular weight is 215 g/mol. The Hall–Kier alpha value is -2.08. The molecule has 16 heavy (non-hydrogen) atoms. The van der Waals surface area contributed by atoms with Gasteiger partial charge in [-0.3, -0.25) is 0 Å². The predicted octanol–water partition coefficient (Wildman–Crippen LogP) is 2.33. The first-order chi connectivity index (χ1) is 7.71. The van der Waals surface area contributed by atoms with Gasteiger partial charge in [0.15, 0.2) is 0 Å². The minimum Gasteiger partial charge on any atom is -0.465 e. The summed E-state index contributed by atoms with van der Waals surface area (Å²) >= 11 is 0. The number of carbonyl (C=O) groups excluding carboxylic acids is 1. The smallest absolute Gasteiger partial charge is 0.348 e. The largest absolute Gasteiger partial charge is 0.465 e. The Balaban J connectivity index is 2.96. The van der Waals surface area contributed by atoms with E-state index in [0.29, 0.717) is 0 Å². The fourth-order valence-corrected chi connectivity index (χ4v) is 1.26. The molecule has 0 aliphatic heterocycles. The van der Waals surface area contributed by atoms with Gasteiger partial charge >= 0.3 is 5.97 Å². The van der Waals surface area contributed by atoms with E-state index in [9.17, 15) is 4.79 Å². The molecule has 0 unspecified atom stereocenters. The highest BCUT2D eigenvalue weighted by Crippen LogP contribution is 2.10. The normalized spacial score (nSPS) is 10.7. The second-order valence-electron chi connectivity index (χ2n) is 3.26. The molecule has 1 rings (SSSR count). The van der Waals surface area contributed by atoms with Crippen LogP contribution in [0.3, 0.4) is 0 Å². The Bertz CT molecular complexity index is 438. The van der Waals surface area contributed by atoms with E-state index in [4.69, 9.17) is 5.26 Å². The summed E-state index contributed by atoms with van der Waals surface area (Å²) in [5, 5.41) is 8.77. The van der Waals surface area contributed by atoms with Crippen LogP contribution in [0.2, 0.25) is 0 Å². The van der Waals surface area contributed by atoms with Crippen LogP contribution in [0.25, 0.3) is 6.08 Å². The van der Waals surface area contributed by atoms with Crippen LogP contribution in [0.4, 0.5) is 0 Å². The molecule has 0 saturated heterocycles. The molecule has 0 amide bonds.